The molecule has 0 aliphatic carbocycles. The third-order valence-electron chi connectivity index (χ3n) is 3.84. The monoisotopic (exact) mass is 325 g/mol. The largest absolute Gasteiger partial charge is 0.388 e. The van der Waals surface area contributed by atoms with Gasteiger partial charge < -0.3 is 15.2 Å². The van der Waals surface area contributed by atoms with Crippen molar-refractivity contribution in [2.45, 2.75) is 19.1 Å². The molecule has 0 heterocycles. The van der Waals surface area contributed by atoms with Crippen LogP contribution in [0.25, 0.3) is 0 Å². The molecule has 4 heteroatoms. The standard InChI is InChI=1S/C20H23NO3/c1-15(18(22)16-9-5-3-6-10-16)13-14-21-20(23)19(24-2)17-11-7-4-8-12-17/h3-15,18-19,22H,1-2H3,(H,21,23)/b14-13+/t15-,18-,19+/m1/s1. The maximum Gasteiger partial charge on any atom is 0.257 e. The zero-order valence-electron chi connectivity index (χ0n) is 13.9. The first-order valence-electron chi connectivity index (χ1n) is 7.91. The molecule has 24 heavy (non-hydrogen) atoms. The van der Waals surface area contributed by atoms with Gasteiger partial charge in [0.15, 0.2) is 6.10 Å². The predicted octanol–water partition coefficient (Wildman–Crippen LogP) is 3.37. The van der Waals surface area contributed by atoms with E-state index >= 15 is 0 Å². The Morgan fingerprint density at radius 2 is 1.58 bits per heavy atom. The van der Waals surface area contributed by atoms with Crippen LogP contribution in [0.2, 0.25) is 0 Å². The first kappa shape index (κ1) is 17.9. The number of hydrogen-bond acceptors (Lipinski definition) is 3. The Balaban J connectivity index is 1.93. The van der Waals surface area contributed by atoms with Gasteiger partial charge in [0.2, 0.25) is 0 Å². The summed E-state index contributed by atoms with van der Waals surface area (Å²) in [5.74, 6) is -0.383. The minimum atomic E-state index is -0.662. The summed E-state index contributed by atoms with van der Waals surface area (Å²) < 4.78 is 5.28. The van der Waals surface area contributed by atoms with Gasteiger partial charge in [-0.3, -0.25) is 4.79 Å². The van der Waals surface area contributed by atoms with E-state index in [0.717, 1.165) is 11.1 Å². The van der Waals surface area contributed by atoms with E-state index in [1.54, 1.807) is 12.3 Å². The lowest BCUT2D eigenvalue weighted by Gasteiger charge is -2.16. The van der Waals surface area contributed by atoms with Crippen molar-refractivity contribution in [3.63, 3.8) is 0 Å². The summed E-state index contributed by atoms with van der Waals surface area (Å²) in [6.07, 6.45) is 2.05. The number of aliphatic hydroxyl groups is 1. The minimum absolute atomic E-state index is 0.134. The summed E-state index contributed by atoms with van der Waals surface area (Å²) in [6.45, 7) is 1.89. The summed E-state index contributed by atoms with van der Waals surface area (Å²) in [5.41, 5.74) is 1.64. The molecule has 2 aromatic carbocycles. The van der Waals surface area contributed by atoms with Crippen molar-refractivity contribution in [3.8, 4) is 0 Å². The molecular formula is C20H23NO3. The molecule has 2 aromatic rings. The molecule has 2 rings (SSSR count). The Morgan fingerprint density at radius 1 is 1.04 bits per heavy atom. The fraction of sp³-hybridized carbons (Fsp3) is 0.250. The molecule has 0 unspecified atom stereocenters. The molecule has 126 valence electrons. The van der Waals surface area contributed by atoms with Gasteiger partial charge in [-0.05, 0) is 11.1 Å². The Bertz CT molecular complexity index is 655. The number of carbonyl (C=O) groups excluding carboxylic acids is 1. The second kappa shape index (κ2) is 9.01. The zero-order chi connectivity index (χ0) is 17.4. The average Bonchev–Trinajstić information content (AvgIpc) is 2.63. The number of aliphatic hydroxyl groups excluding tert-OH is 1. The van der Waals surface area contributed by atoms with Gasteiger partial charge >= 0.3 is 0 Å². The molecular weight excluding hydrogens is 302 g/mol. The van der Waals surface area contributed by atoms with E-state index in [9.17, 15) is 9.90 Å². The highest BCUT2D eigenvalue weighted by Crippen LogP contribution is 2.22. The number of methoxy groups -OCH3 is 1. The van der Waals surface area contributed by atoms with Crippen LogP contribution >= 0.6 is 0 Å². The Hall–Kier alpha value is -2.43. The maximum atomic E-state index is 12.2. The van der Waals surface area contributed by atoms with Crippen molar-refractivity contribution in [1.82, 2.24) is 5.32 Å². The van der Waals surface area contributed by atoms with Gasteiger partial charge in [0, 0.05) is 19.2 Å². The lowest BCUT2D eigenvalue weighted by atomic mass is 9.97. The van der Waals surface area contributed by atoms with E-state index in [1.165, 1.54) is 7.11 Å². The third-order valence-corrected chi connectivity index (χ3v) is 3.84. The quantitative estimate of drug-likeness (QED) is 0.820. The van der Waals surface area contributed by atoms with E-state index in [2.05, 4.69) is 5.32 Å². The predicted molar refractivity (Wildman–Crippen MR) is 94.0 cm³/mol. The van der Waals surface area contributed by atoms with Crippen LogP contribution in [-0.2, 0) is 9.53 Å². The molecule has 0 radical (unpaired) electrons. The first-order valence-corrected chi connectivity index (χ1v) is 7.91. The van der Waals surface area contributed by atoms with Crippen LogP contribution in [0, 0.1) is 5.92 Å². The van der Waals surface area contributed by atoms with Gasteiger partial charge in [-0.15, -0.1) is 0 Å². The first-order chi connectivity index (χ1) is 11.6. The molecule has 0 bridgehead atoms. The SMILES string of the molecule is CO[C@H](C(=O)N/C=C/[C@@H](C)[C@@H](O)c1ccccc1)c1ccccc1. The summed E-state index contributed by atoms with van der Waals surface area (Å²) >= 11 is 0. The van der Waals surface area contributed by atoms with Crippen molar-refractivity contribution in [1.29, 1.82) is 0 Å². The fourth-order valence-electron chi connectivity index (χ4n) is 2.44. The number of hydrogen-bond donors (Lipinski definition) is 2. The summed E-state index contributed by atoms with van der Waals surface area (Å²) in [4.78, 5) is 12.2. The van der Waals surface area contributed by atoms with Crippen molar-refractivity contribution < 1.29 is 14.6 Å². The van der Waals surface area contributed by atoms with E-state index in [4.69, 9.17) is 4.74 Å². The lowest BCUT2D eigenvalue weighted by Crippen LogP contribution is -2.26. The van der Waals surface area contributed by atoms with Crippen LogP contribution in [0.4, 0.5) is 0 Å². The van der Waals surface area contributed by atoms with Crippen molar-refractivity contribution >= 4 is 5.91 Å². The fourth-order valence-corrected chi connectivity index (χ4v) is 2.44. The topological polar surface area (TPSA) is 58.6 Å². The number of carbonyl (C=O) groups is 1. The second-order valence-corrected chi connectivity index (χ2v) is 5.61. The molecule has 0 spiro atoms. The normalized spacial score (nSPS) is 15.0. The number of nitrogens with one attached hydrogen (secondary N) is 1. The summed E-state index contributed by atoms with van der Waals surface area (Å²) in [5, 5.41) is 13.0. The Labute approximate surface area is 142 Å². The van der Waals surface area contributed by atoms with Crippen LogP contribution in [-0.4, -0.2) is 18.1 Å². The number of ether oxygens (including phenoxy) is 1. The van der Waals surface area contributed by atoms with Crippen molar-refractivity contribution in [3.05, 3.63) is 84.1 Å². The van der Waals surface area contributed by atoms with E-state index in [-0.39, 0.29) is 11.8 Å². The molecule has 3 atom stereocenters. The highest BCUT2D eigenvalue weighted by molar-refractivity contribution is 5.83. The Kier molecular flexibility index (Phi) is 6.73. The van der Waals surface area contributed by atoms with E-state index < -0.39 is 12.2 Å². The Morgan fingerprint density at radius 3 is 2.12 bits per heavy atom. The van der Waals surface area contributed by atoms with Gasteiger partial charge in [0.1, 0.15) is 0 Å². The number of benzene rings is 2. The lowest BCUT2D eigenvalue weighted by molar-refractivity contribution is -0.130. The molecule has 0 saturated carbocycles. The molecule has 1 amide bonds. The van der Waals surface area contributed by atoms with Gasteiger partial charge in [0.05, 0.1) is 6.10 Å². The average molecular weight is 325 g/mol. The van der Waals surface area contributed by atoms with Crippen LogP contribution in [0.3, 0.4) is 0 Å². The highest BCUT2D eigenvalue weighted by atomic mass is 16.5. The summed E-state index contributed by atoms with van der Waals surface area (Å²) in [7, 11) is 1.50. The van der Waals surface area contributed by atoms with Gasteiger partial charge in [0.25, 0.3) is 5.91 Å². The molecule has 0 aliphatic rings. The molecule has 0 saturated heterocycles. The third kappa shape index (κ3) is 4.78. The van der Waals surface area contributed by atoms with Crippen LogP contribution in [0.15, 0.2) is 72.9 Å². The van der Waals surface area contributed by atoms with Crippen LogP contribution < -0.4 is 5.32 Å². The minimum Gasteiger partial charge on any atom is -0.388 e. The molecule has 0 aliphatic heterocycles. The molecule has 2 N–H and O–H groups in total. The van der Waals surface area contributed by atoms with E-state index in [1.807, 2.05) is 67.6 Å². The van der Waals surface area contributed by atoms with Gasteiger partial charge in [-0.1, -0.05) is 73.7 Å². The molecule has 0 fully saturated rings. The van der Waals surface area contributed by atoms with Crippen molar-refractivity contribution in [2.75, 3.05) is 7.11 Å². The smallest absolute Gasteiger partial charge is 0.257 e. The van der Waals surface area contributed by atoms with Gasteiger partial charge in [-0.25, -0.2) is 0 Å². The van der Waals surface area contributed by atoms with Crippen molar-refractivity contribution in [2.24, 2.45) is 5.92 Å². The number of amides is 1. The zero-order valence-corrected chi connectivity index (χ0v) is 13.9. The van der Waals surface area contributed by atoms with E-state index in [0.29, 0.717) is 0 Å². The molecule has 0 aromatic heterocycles. The summed E-state index contributed by atoms with van der Waals surface area (Å²) in [6, 6.07) is 18.8. The molecule has 4 nitrogen and oxygen atoms in total. The maximum absolute atomic E-state index is 12.2. The van der Waals surface area contributed by atoms with Crippen LogP contribution in [0.5, 0.6) is 0 Å². The van der Waals surface area contributed by atoms with Gasteiger partial charge in [-0.2, -0.15) is 0 Å². The van der Waals surface area contributed by atoms with Crippen LogP contribution in [0.1, 0.15) is 30.3 Å². The highest BCUT2D eigenvalue weighted by Gasteiger charge is 2.19. The number of rotatable bonds is 7. The second-order valence-electron chi connectivity index (χ2n) is 5.61.